The first-order chi connectivity index (χ1) is 14.7. The van der Waals surface area contributed by atoms with E-state index in [1.807, 2.05) is 0 Å². The monoisotopic (exact) mass is 471 g/mol. The van der Waals surface area contributed by atoms with Crippen LogP contribution in [-0.4, -0.2) is 34.3 Å². The van der Waals surface area contributed by atoms with Gasteiger partial charge in [0.1, 0.15) is 16.8 Å². The number of rotatable bonds is 6. The van der Waals surface area contributed by atoms with E-state index in [1.54, 1.807) is 6.92 Å². The van der Waals surface area contributed by atoms with Gasteiger partial charge in [0, 0.05) is 30.3 Å². The first-order valence-electron chi connectivity index (χ1n) is 9.12. The number of carbonyl (C=O) groups excluding carboxylic acids is 2. The summed E-state index contributed by atoms with van der Waals surface area (Å²) >= 11 is 5.82. The number of thioether (sulfide) groups is 1. The number of halogens is 4. The van der Waals surface area contributed by atoms with Gasteiger partial charge in [-0.05, 0) is 55.5 Å². The number of benzene rings is 2. The van der Waals surface area contributed by atoms with Gasteiger partial charge in [0.2, 0.25) is 11.8 Å². The van der Waals surface area contributed by atoms with E-state index in [0.717, 1.165) is 16.7 Å². The van der Waals surface area contributed by atoms with Gasteiger partial charge in [0.25, 0.3) is 0 Å². The van der Waals surface area contributed by atoms with Crippen molar-refractivity contribution in [3.05, 3.63) is 54.3 Å². The molecule has 2 aromatic rings. The minimum atomic E-state index is -3.81. The number of carbonyl (C=O) groups is 2. The van der Waals surface area contributed by atoms with Crippen molar-refractivity contribution in [3.8, 4) is 5.75 Å². The number of nitrogens with zero attached hydrogens (tertiary/aromatic N) is 2. The average molecular weight is 472 g/mol. The highest BCUT2D eigenvalue weighted by Gasteiger charge is 2.40. The summed E-state index contributed by atoms with van der Waals surface area (Å²) in [5.41, 5.74) is -3.00. The molecule has 0 spiro atoms. The Hall–Kier alpha value is -2.72. The zero-order chi connectivity index (χ0) is 22.6. The molecule has 1 fully saturated rings. The highest BCUT2D eigenvalue weighted by atomic mass is 35.5. The Labute approximate surface area is 185 Å². The van der Waals surface area contributed by atoms with Gasteiger partial charge < -0.3 is 10.1 Å². The molecule has 3 rings (SSSR count). The Morgan fingerprint density at radius 3 is 2.45 bits per heavy atom. The fourth-order valence-corrected chi connectivity index (χ4v) is 3.98. The number of hydrogen-bond donors (Lipinski definition) is 1. The molecule has 1 aliphatic rings. The molecule has 1 N–H and O–H groups in total. The summed E-state index contributed by atoms with van der Waals surface area (Å²) in [4.78, 5) is 30.5. The molecule has 0 saturated carbocycles. The van der Waals surface area contributed by atoms with Crippen molar-refractivity contribution in [1.82, 2.24) is 0 Å². The fraction of sp³-hybridized carbons (Fsp3) is 0.250. The summed E-state index contributed by atoms with van der Waals surface area (Å²) in [6, 6.07) is 10.6. The number of anilines is 2. The summed E-state index contributed by atoms with van der Waals surface area (Å²) in [5, 5.41) is 2.67. The number of nitrogens with one attached hydrogen (secondary N) is 1. The number of aliphatic imine (C=N–C) groups is 1. The zero-order valence-electron chi connectivity index (χ0n) is 16.1. The number of imide groups is 1. The molecule has 1 saturated heterocycles. The zero-order valence-corrected chi connectivity index (χ0v) is 17.7. The smallest absolute Gasteiger partial charge is 0.420 e. The number of hydrogen-bond acceptors (Lipinski definition) is 5. The van der Waals surface area contributed by atoms with E-state index in [9.17, 15) is 22.8 Å². The third kappa shape index (κ3) is 6.14. The Morgan fingerprint density at radius 1 is 1.23 bits per heavy atom. The molecule has 164 valence electrons. The Bertz CT molecular complexity index is 982. The number of amides is 2. The third-order valence-corrected chi connectivity index (χ3v) is 5.27. The highest BCUT2D eigenvalue weighted by Crippen LogP contribution is 2.31. The topological polar surface area (TPSA) is 71.0 Å². The van der Waals surface area contributed by atoms with Crippen molar-refractivity contribution < 1.29 is 27.5 Å². The van der Waals surface area contributed by atoms with Crippen LogP contribution in [0, 0.1) is 5.82 Å². The Morgan fingerprint density at radius 2 is 1.87 bits per heavy atom. The number of ether oxygens (including phenoxy) is 1. The molecule has 6 nitrogen and oxygen atoms in total. The van der Waals surface area contributed by atoms with Crippen molar-refractivity contribution >= 4 is 51.7 Å². The minimum Gasteiger partial charge on any atom is -0.420 e. The maximum atomic E-state index is 13.1. The predicted octanol–water partition coefficient (Wildman–Crippen LogP) is 4.85. The van der Waals surface area contributed by atoms with Gasteiger partial charge in [-0.15, -0.1) is 8.78 Å². The van der Waals surface area contributed by atoms with E-state index in [4.69, 9.17) is 11.6 Å². The maximum Gasteiger partial charge on any atom is 0.487 e. The molecule has 0 unspecified atom stereocenters. The van der Waals surface area contributed by atoms with Gasteiger partial charge in [-0.2, -0.15) is 0 Å². The molecule has 2 aromatic carbocycles. The van der Waals surface area contributed by atoms with Crippen LogP contribution >= 0.6 is 23.4 Å². The molecule has 1 atom stereocenters. The van der Waals surface area contributed by atoms with E-state index >= 15 is 0 Å². The van der Waals surface area contributed by atoms with Crippen LogP contribution in [0.25, 0.3) is 0 Å². The second-order valence-electron chi connectivity index (χ2n) is 6.33. The molecule has 1 aliphatic heterocycles. The van der Waals surface area contributed by atoms with Gasteiger partial charge in [-0.25, -0.2) is 9.29 Å². The van der Waals surface area contributed by atoms with Gasteiger partial charge in [-0.3, -0.25) is 14.6 Å². The summed E-state index contributed by atoms with van der Waals surface area (Å²) in [5.74, 6) is -1.42. The molecule has 0 radical (unpaired) electrons. The van der Waals surface area contributed by atoms with Gasteiger partial charge >= 0.3 is 5.57 Å². The van der Waals surface area contributed by atoms with Crippen LogP contribution in [0.15, 0.2) is 53.5 Å². The van der Waals surface area contributed by atoms with Crippen LogP contribution in [0.1, 0.15) is 13.3 Å². The van der Waals surface area contributed by atoms with Crippen molar-refractivity contribution in [2.24, 2.45) is 4.99 Å². The highest BCUT2D eigenvalue weighted by molar-refractivity contribution is 8.15. The quantitative estimate of drug-likeness (QED) is 0.282. The normalized spacial score (nSPS) is 17.3. The van der Waals surface area contributed by atoms with E-state index < -0.39 is 28.4 Å². The number of alkyl halides is 3. The summed E-state index contributed by atoms with van der Waals surface area (Å²) in [6.07, 6.45) is -0.0388. The molecule has 31 heavy (non-hydrogen) atoms. The van der Waals surface area contributed by atoms with Crippen LogP contribution in [0.5, 0.6) is 5.75 Å². The third-order valence-electron chi connectivity index (χ3n) is 4.08. The van der Waals surface area contributed by atoms with Crippen LogP contribution in [0.2, 0.25) is 0 Å². The molecule has 1 heterocycles. The van der Waals surface area contributed by atoms with Gasteiger partial charge in [-0.1, -0.05) is 11.8 Å². The predicted molar refractivity (Wildman–Crippen MR) is 114 cm³/mol. The second kappa shape index (κ2) is 9.61. The molecular formula is C20H17ClF3N3O3S. The van der Waals surface area contributed by atoms with E-state index in [-0.39, 0.29) is 12.2 Å². The summed E-state index contributed by atoms with van der Waals surface area (Å²) in [6.45, 7) is 2.21. The summed E-state index contributed by atoms with van der Waals surface area (Å²) in [7, 11) is 0. The first-order valence-corrected chi connectivity index (χ1v) is 10.4. The Kier molecular flexibility index (Phi) is 7.11. The summed E-state index contributed by atoms with van der Waals surface area (Å²) < 4.78 is 42.8. The van der Waals surface area contributed by atoms with Crippen molar-refractivity contribution in [3.63, 3.8) is 0 Å². The molecule has 11 heteroatoms. The average Bonchev–Trinajstić information content (AvgIpc) is 2.96. The van der Waals surface area contributed by atoms with Crippen LogP contribution in [0.4, 0.5) is 24.5 Å². The Balaban J connectivity index is 1.69. The standard InChI is InChI=1S/C20H17ClF3N3O3S/c1-2-25-19(26-13-5-9-15(10-6-13)30-20(21,23)24)31-16-11-17(28)27(18(16)29)14-7-3-12(22)4-8-14/h3-10,16H,2,11H2,1H3,(H,25,26)/t16-/m1/s1. The SMILES string of the molecule is CCN=C(Nc1ccc(OC(F)(F)Cl)cc1)S[C@@H]1CC(=O)N(c2ccc(F)cc2)C1=O. The van der Waals surface area contributed by atoms with Crippen LogP contribution in [-0.2, 0) is 9.59 Å². The van der Waals surface area contributed by atoms with Gasteiger partial charge in [0.05, 0.1) is 5.69 Å². The molecule has 0 aromatic heterocycles. The molecular weight excluding hydrogens is 455 g/mol. The lowest BCUT2D eigenvalue weighted by molar-refractivity contribution is -0.121. The van der Waals surface area contributed by atoms with Crippen molar-refractivity contribution in [2.45, 2.75) is 24.2 Å². The van der Waals surface area contributed by atoms with Crippen LogP contribution < -0.4 is 15.0 Å². The van der Waals surface area contributed by atoms with E-state index in [2.05, 4.69) is 15.0 Å². The van der Waals surface area contributed by atoms with Gasteiger partial charge in [0.15, 0.2) is 5.17 Å². The van der Waals surface area contributed by atoms with Crippen LogP contribution in [0.3, 0.4) is 0 Å². The molecule has 0 bridgehead atoms. The van der Waals surface area contributed by atoms with Crippen molar-refractivity contribution in [2.75, 3.05) is 16.8 Å². The first kappa shape index (κ1) is 23.0. The largest absolute Gasteiger partial charge is 0.487 e. The maximum absolute atomic E-state index is 13.1. The second-order valence-corrected chi connectivity index (χ2v) is 7.96. The lowest BCUT2D eigenvalue weighted by Crippen LogP contribution is -2.31. The number of amidine groups is 1. The minimum absolute atomic E-state index is 0.0388. The van der Waals surface area contributed by atoms with Crippen molar-refractivity contribution in [1.29, 1.82) is 0 Å². The fourth-order valence-electron chi connectivity index (χ4n) is 2.81. The van der Waals surface area contributed by atoms with E-state index in [0.29, 0.717) is 23.1 Å². The lowest BCUT2D eigenvalue weighted by Gasteiger charge is -2.16. The molecule has 0 aliphatic carbocycles. The molecule has 2 amide bonds. The van der Waals surface area contributed by atoms with E-state index in [1.165, 1.54) is 48.5 Å². The lowest BCUT2D eigenvalue weighted by atomic mass is 10.3.